The van der Waals surface area contributed by atoms with E-state index in [1.807, 2.05) is 6.92 Å². The number of nitrogens with two attached hydrogens (primary N) is 1. The van der Waals surface area contributed by atoms with Crippen molar-refractivity contribution in [3.8, 4) is 5.82 Å². The second-order valence-electron chi connectivity index (χ2n) is 3.82. The van der Waals surface area contributed by atoms with Gasteiger partial charge in [0.2, 0.25) is 0 Å². The van der Waals surface area contributed by atoms with Crippen molar-refractivity contribution in [2.45, 2.75) is 19.1 Å². The highest BCUT2D eigenvalue weighted by Crippen LogP contribution is 2.13. The topological polar surface area (TPSA) is 120 Å². The molecular weight excluding hydrogens is 373 g/mol. The second-order valence-corrected chi connectivity index (χ2v) is 4.63. The molecule has 0 spiro atoms. The molecule has 0 aliphatic rings. The Morgan fingerprint density at radius 3 is 2.36 bits per heavy atom. The SMILES string of the molecule is C[C@H](N)c1ncnn1-c1cnc(Br)cn1.O=C(O)C(F)(F)F. The van der Waals surface area contributed by atoms with E-state index in [0.717, 1.165) is 0 Å². The first-order valence-corrected chi connectivity index (χ1v) is 6.35. The summed E-state index contributed by atoms with van der Waals surface area (Å²) in [6.45, 7) is 1.84. The van der Waals surface area contributed by atoms with Crippen LogP contribution in [0.1, 0.15) is 18.8 Å². The molecule has 1 atom stereocenters. The standard InChI is InChI=1S/C8H9BrN6.C2HF3O2/c1-5(10)8-13-4-14-15(8)7-3-11-6(9)2-12-7;3-2(4,5)1(6)7/h2-5H,10H2,1H3;(H,6,7)/t5-;/m0./s1. The fourth-order valence-corrected chi connectivity index (χ4v) is 1.36. The predicted molar refractivity (Wildman–Crippen MR) is 70.9 cm³/mol. The van der Waals surface area contributed by atoms with Crippen molar-refractivity contribution in [2.75, 3.05) is 0 Å². The number of alkyl halides is 3. The Bertz CT molecular complexity index is 628. The van der Waals surface area contributed by atoms with Gasteiger partial charge in [0, 0.05) is 0 Å². The molecule has 0 aliphatic carbocycles. The molecule has 12 heteroatoms. The highest BCUT2D eigenvalue weighted by Gasteiger charge is 2.38. The summed E-state index contributed by atoms with van der Waals surface area (Å²) in [6, 6.07) is -0.196. The van der Waals surface area contributed by atoms with Crippen LogP contribution >= 0.6 is 15.9 Å². The van der Waals surface area contributed by atoms with Crippen LogP contribution in [0.15, 0.2) is 23.3 Å². The third kappa shape index (κ3) is 5.04. The molecule has 2 aromatic heterocycles. The van der Waals surface area contributed by atoms with Crippen LogP contribution in [0.2, 0.25) is 0 Å². The van der Waals surface area contributed by atoms with Gasteiger partial charge in [0.05, 0.1) is 18.4 Å². The number of carboxylic acids is 1. The number of aliphatic carboxylic acids is 1. The predicted octanol–water partition coefficient (Wildman–Crippen LogP) is 1.47. The molecule has 0 unspecified atom stereocenters. The zero-order valence-corrected chi connectivity index (χ0v) is 12.6. The molecule has 0 bridgehead atoms. The van der Waals surface area contributed by atoms with Crippen molar-refractivity contribution in [2.24, 2.45) is 5.73 Å². The third-order valence-electron chi connectivity index (χ3n) is 2.05. The summed E-state index contributed by atoms with van der Waals surface area (Å²) in [5.74, 6) is -1.50. The van der Waals surface area contributed by atoms with Gasteiger partial charge in [0.15, 0.2) is 11.6 Å². The van der Waals surface area contributed by atoms with Crippen molar-refractivity contribution in [3.05, 3.63) is 29.1 Å². The van der Waals surface area contributed by atoms with Gasteiger partial charge >= 0.3 is 12.1 Å². The fourth-order valence-electron chi connectivity index (χ4n) is 1.15. The maximum Gasteiger partial charge on any atom is 0.490 e. The van der Waals surface area contributed by atoms with E-state index in [1.54, 1.807) is 17.1 Å². The lowest BCUT2D eigenvalue weighted by Gasteiger charge is -2.06. The van der Waals surface area contributed by atoms with E-state index in [4.69, 9.17) is 15.6 Å². The molecule has 0 saturated heterocycles. The number of nitrogens with zero attached hydrogens (tertiary/aromatic N) is 5. The van der Waals surface area contributed by atoms with E-state index in [1.165, 1.54) is 6.33 Å². The lowest BCUT2D eigenvalue weighted by molar-refractivity contribution is -0.192. The zero-order chi connectivity index (χ0) is 16.9. The minimum atomic E-state index is -5.08. The lowest BCUT2D eigenvalue weighted by atomic mass is 10.3. The molecular formula is C10H10BrF3N6O2. The molecule has 0 aromatic carbocycles. The number of halogens is 4. The fraction of sp³-hybridized carbons (Fsp3) is 0.300. The Morgan fingerprint density at radius 1 is 1.36 bits per heavy atom. The molecule has 0 aliphatic heterocycles. The molecule has 0 saturated carbocycles. The summed E-state index contributed by atoms with van der Waals surface area (Å²) in [5.41, 5.74) is 5.75. The Morgan fingerprint density at radius 2 is 1.95 bits per heavy atom. The summed E-state index contributed by atoms with van der Waals surface area (Å²) >= 11 is 3.21. The number of carboxylic acid groups (broad SMARTS) is 1. The summed E-state index contributed by atoms with van der Waals surface area (Å²) < 4.78 is 34.0. The van der Waals surface area contributed by atoms with Crippen molar-refractivity contribution in [3.63, 3.8) is 0 Å². The van der Waals surface area contributed by atoms with Crippen molar-refractivity contribution in [1.82, 2.24) is 24.7 Å². The molecule has 0 fully saturated rings. The van der Waals surface area contributed by atoms with E-state index >= 15 is 0 Å². The first-order valence-electron chi connectivity index (χ1n) is 5.56. The van der Waals surface area contributed by atoms with Gasteiger partial charge in [-0.3, -0.25) is 0 Å². The van der Waals surface area contributed by atoms with Crippen LogP contribution in [0.3, 0.4) is 0 Å². The number of rotatable bonds is 2. The quantitative estimate of drug-likeness (QED) is 0.806. The van der Waals surface area contributed by atoms with Gasteiger partial charge in [0.25, 0.3) is 0 Å². The highest BCUT2D eigenvalue weighted by atomic mass is 79.9. The van der Waals surface area contributed by atoms with E-state index in [0.29, 0.717) is 16.2 Å². The largest absolute Gasteiger partial charge is 0.490 e. The molecule has 3 N–H and O–H groups in total. The van der Waals surface area contributed by atoms with Crippen LogP contribution in [0.25, 0.3) is 5.82 Å². The number of hydrogen-bond acceptors (Lipinski definition) is 6. The van der Waals surface area contributed by atoms with Gasteiger partial charge in [-0.05, 0) is 22.9 Å². The number of carbonyl (C=O) groups is 1. The van der Waals surface area contributed by atoms with Gasteiger partial charge < -0.3 is 10.8 Å². The normalized spacial score (nSPS) is 12.3. The van der Waals surface area contributed by atoms with Gasteiger partial charge in [-0.2, -0.15) is 23.0 Å². The minimum Gasteiger partial charge on any atom is -0.475 e. The van der Waals surface area contributed by atoms with Crippen molar-refractivity contribution >= 4 is 21.9 Å². The average molecular weight is 383 g/mol. The van der Waals surface area contributed by atoms with Gasteiger partial charge in [-0.15, -0.1) is 0 Å². The molecule has 2 heterocycles. The minimum absolute atomic E-state index is 0.196. The highest BCUT2D eigenvalue weighted by molar-refractivity contribution is 9.10. The third-order valence-corrected chi connectivity index (χ3v) is 2.46. The van der Waals surface area contributed by atoms with Crippen molar-refractivity contribution < 1.29 is 23.1 Å². The summed E-state index contributed by atoms with van der Waals surface area (Å²) in [7, 11) is 0. The zero-order valence-electron chi connectivity index (χ0n) is 11.0. The number of aromatic nitrogens is 5. The molecule has 120 valence electrons. The maximum atomic E-state index is 10.6. The van der Waals surface area contributed by atoms with E-state index in [9.17, 15) is 13.2 Å². The molecule has 0 amide bonds. The van der Waals surface area contributed by atoms with Crippen molar-refractivity contribution in [1.29, 1.82) is 0 Å². The molecule has 8 nitrogen and oxygen atoms in total. The van der Waals surface area contributed by atoms with E-state index < -0.39 is 12.1 Å². The van der Waals surface area contributed by atoms with E-state index in [2.05, 4.69) is 36.0 Å². The lowest BCUT2D eigenvalue weighted by Crippen LogP contribution is -2.21. The summed E-state index contributed by atoms with van der Waals surface area (Å²) in [4.78, 5) is 21.2. The first-order chi connectivity index (χ1) is 10.1. The van der Waals surface area contributed by atoms with Crippen LogP contribution in [0.5, 0.6) is 0 Å². The van der Waals surface area contributed by atoms with E-state index in [-0.39, 0.29) is 6.04 Å². The van der Waals surface area contributed by atoms with Gasteiger partial charge in [-0.25, -0.2) is 19.7 Å². The molecule has 22 heavy (non-hydrogen) atoms. The Hall–Kier alpha value is -2.08. The smallest absolute Gasteiger partial charge is 0.475 e. The Kier molecular flexibility index (Phi) is 5.93. The molecule has 0 radical (unpaired) electrons. The van der Waals surface area contributed by atoms with Crippen LogP contribution in [-0.4, -0.2) is 42.0 Å². The van der Waals surface area contributed by atoms with Crippen LogP contribution in [0.4, 0.5) is 13.2 Å². The van der Waals surface area contributed by atoms with Gasteiger partial charge in [-0.1, -0.05) is 0 Å². The molecule has 2 rings (SSSR count). The molecule has 2 aromatic rings. The Balaban J connectivity index is 0.000000295. The Labute approximate surface area is 130 Å². The summed E-state index contributed by atoms with van der Waals surface area (Å²) in [5, 5.41) is 11.2. The van der Waals surface area contributed by atoms with Crippen LogP contribution in [-0.2, 0) is 4.79 Å². The monoisotopic (exact) mass is 382 g/mol. The first kappa shape index (κ1) is 18.0. The van der Waals surface area contributed by atoms with Crippen LogP contribution in [0, 0.1) is 0 Å². The van der Waals surface area contributed by atoms with Gasteiger partial charge in [0.1, 0.15) is 10.9 Å². The van der Waals surface area contributed by atoms with Crippen LogP contribution < -0.4 is 5.73 Å². The second kappa shape index (κ2) is 7.26. The maximum absolute atomic E-state index is 10.6. The average Bonchev–Trinajstić information content (AvgIpc) is 2.88. The number of hydrogen-bond donors (Lipinski definition) is 2. The summed E-state index contributed by atoms with van der Waals surface area (Å²) in [6.07, 6.45) is -0.435.